The lowest BCUT2D eigenvalue weighted by Crippen LogP contribution is -2.69. The van der Waals surface area contributed by atoms with E-state index in [1.165, 1.54) is 0 Å². The van der Waals surface area contributed by atoms with Gasteiger partial charge in [0.05, 0.1) is 6.42 Å². The Hall–Kier alpha value is -2.36. The van der Waals surface area contributed by atoms with Gasteiger partial charge in [0.15, 0.2) is 5.66 Å². The van der Waals surface area contributed by atoms with Crippen LogP contribution in [0.25, 0.3) is 0 Å². The van der Waals surface area contributed by atoms with Crippen LogP contribution in [0, 0.1) is 0 Å². The van der Waals surface area contributed by atoms with Crippen molar-refractivity contribution in [1.29, 1.82) is 0 Å². The lowest BCUT2D eigenvalue weighted by molar-refractivity contribution is -0.176. The van der Waals surface area contributed by atoms with Crippen molar-refractivity contribution in [3.8, 4) is 0 Å². The van der Waals surface area contributed by atoms with Crippen molar-refractivity contribution in [2.24, 2.45) is 0 Å². The SMILES string of the molecule is O=CN1CCNCCN(C(CC(=O)O)(C(=O)O)N2CCNCCN(C=O)CCNCC2)CCNCC1. The van der Waals surface area contributed by atoms with Crippen LogP contribution in [-0.4, -0.2) is 165 Å². The van der Waals surface area contributed by atoms with Gasteiger partial charge in [0.2, 0.25) is 12.8 Å². The van der Waals surface area contributed by atoms with Crippen LogP contribution < -0.4 is 21.3 Å². The highest BCUT2D eigenvalue weighted by Crippen LogP contribution is 2.26. The van der Waals surface area contributed by atoms with Gasteiger partial charge in [0, 0.05) is 105 Å². The topological polar surface area (TPSA) is 170 Å². The van der Waals surface area contributed by atoms with Gasteiger partial charge in [-0.15, -0.1) is 0 Å². The number of amides is 2. The Kier molecular flexibility index (Phi) is 13.6. The molecule has 36 heavy (non-hydrogen) atoms. The van der Waals surface area contributed by atoms with E-state index >= 15 is 0 Å². The second kappa shape index (κ2) is 16.4. The molecule has 2 saturated heterocycles. The number of hydrogen-bond acceptors (Lipinski definition) is 10. The average molecular weight is 515 g/mol. The van der Waals surface area contributed by atoms with Crippen LogP contribution in [0.4, 0.5) is 0 Å². The van der Waals surface area contributed by atoms with E-state index in [1.807, 2.05) is 0 Å². The summed E-state index contributed by atoms with van der Waals surface area (Å²) in [4.78, 5) is 54.2. The summed E-state index contributed by atoms with van der Waals surface area (Å²) >= 11 is 0. The van der Waals surface area contributed by atoms with Gasteiger partial charge in [0.25, 0.3) is 0 Å². The molecule has 0 atom stereocenters. The first-order chi connectivity index (χ1) is 17.4. The molecule has 0 bridgehead atoms. The molecule has 14 heteroatoms. The van der Waals surface area contributed by atoms with E-state index in [9.17, 15) is 29.4 Å². The molecule has 0 radical (unpaired) electrons. The van der Waals surface area contributed by atoms with E-state index in [0.29, 0.717) is 105 Å². The van der Waals surface area contributed by atoms with Gasteiger partial charge in [-0.25, -0.2) is 4.79 Å². The molecule has 0 saturated carbocycles. The fourth-order valence-corrected chi connectivity index (χ4v) is 4.63. The molecule has 0 spiro atoms. The number of carbonyl (C=O) groups excluding carboxylic acids is 2. The Labute approximate surface area is 212 Å². The van der Waals surface area contributed by atoms with Crippen LogP contribution in [0.15, 0.2) is 0 Å². The zero-order chi connectivity index (χ0) is 26.2. The van der Waals surface area contributed by atoms with Crippen molar-refractivity contribution in [2.45, 2.75) is 12.1 Å². The predicted molar refractivity (Wildman–Crippen MR) is 133 cm³/mol. The minimum atomic E-state index is -1.74. The van der Waals surface area contributed by atoms with E-state index in [0.717, 1.165) is 12.8 Å². The maximum Gasteiger partial charge on any atom is 0.340 e. The summed E-state index contributed by atoms with van der Waals surface area (Å²) in [6.07, 6.45) is 1.07. The fraction of sp³-hybridized carbons (Fsp3) is 0.818. The fourth-order valence-electron chi connectivity index (χ4n) is 4.63. The predicted octanol–water partition coefficient (Wildman–Crippen LogP) is -3.85. The minimum absolute atomic E-state index is 0.327. The summed E-state index contributed by atoms with van der Waals surface area (Å²) in [5.74, 6) is -2.37. The minimum Gasteiger partial charge on any atom is -0.481 e. The van der Waals surface area contributed by atoms with Crippen molar-refractivity contribution < 1.29 is 29.4 Å². The zero-order valence-electron chi connectivity index (χ0n) is 21.0. The van der Waals surface area contributed by atoms with Crippen LogP contribution in [-0.2, 0) is 19.2 Å². The number of carbonyl (C=O) groups is 4. The highest BCUT2D eigenvalue weighted by molar-refractivity contribution is 5.84. The summed E-state index contributed by atoms with van der Waals surface area (Å²) in [7, 11) is 0. The van der Waals surface area contributed by atoms with Gasteiger partial charge in [0.1, 0.15) is 0 Å². The maximum atomic E-state index is 12.9. The lowest BCUT2D eigenvalue weighted by Gasteiger charge is -2.47. The molecule has 206 valence electrons. The molecular weight excluding hydrogens is 472 g/mol. The van der Waals surface area contributed by atoms with Crippen LogP contribution in [0.3, 0.4) is 0 Å². The molecule has 0 unspecified atom stereocenters. The normalized spacial score (nSPS) is 21.8. The quantitative estimate of drug-likeness (QED) is 0.183. The largest absolute Gasteiger partial charge is 0.481 e. The second-order valence-electron chi connectivity index (χ2n) is 8.95. The van der Waals surface area contributed by atoms with Gasteiger partial charge in [-0.1, -0.05) is 0 Å². The van der Waals surface area contributed by atoms with Crippen molar-refractivity contribution in [3.05, 3.63) is 0 Å². The number of hydrogen-bond donors (Lipinski definition) is 6. The highest BCUT2D eigenvalue weighted by Gasteiger charge is 2.50. The third-order valence-corrected chi connectivity index (χ3v) is 6.62. The summed E-state index contributed by atoms with van der Waals surface area (Å²) in [6.45, 7) is 7.49. The van der Waals surface area contributed by atoms with E-state index in [-0.39, 0.29) is 0 Å². The maximum absolute atomic E-state index is 12.9. The Morgan fingerprint density at radius 2 is 0.917 bits per heavy atom. The second-order valence-corrected chi connectivity index (χ2v) is 8.95. The highest BCUT2D eigenvalue weighted by atomic mass is 16.4. The Morgan fingerprint density at radius 1 is 0.611 bits per heavy atom. The first kappa shape index (κ1) is 29.9. The number of carboxylic acid groups (broad SMARTS) is 2. The molecule has 0 aromatic rings. The van der Waals surface area contributed by atoms with E-state index < -0.39 is 24.0 Å². The molecule has 2 rings (SSSR count). The molecule has 2 aliphatic rings. The third-order valence-electron chi connectivity index (χ3n) is 6.62. The number of carboxylic acids is 2. The summed E-state index contributed by atoms with van der Waals surface area (Å²) in [6, 6.07) is 0. The smallest absolute Gasteiger partial charge is 0.340 e. The molecule has 0 aromatic heterocycles. The summed E-state index contributed by atoms with van der Waals surface area (Å²) < 4.78 is 0. The van der Waals surface area contributed by atoms with Crippen molar-refractivity contribution in [1.82, 2.24) is 40.9 Å². The van der Waals surface area contributed by atoms with Crippen molar-refractivity contribution in [2.75, 3.05) is 105 Å². The third kappa shape index (κ3) is 9.26. The first-order valence-corrected chi connectivity index (χ1v) is 12.6. The van der Waals surface area contributed by atoms with Gasteiger partial charge in [-0.3, -0.25) is 24.2 Å². The number of rotatable bonds is 7. The van der Waals surface area contributed by atoms with Gasteiger partial charge in [-0.2, -0.15) is 0 Å². The van der Waals surface area contributed by atoms with Crippen LogP contribution in [0.1, 0.15) is 6.42 Å². The van der Waals surface area contributed by atoms with Gasteiger partial charge < -0.3 is 41.3 Å². The standard InChI is InChI=1S/C22H42N8O6/c31-18-27-9-1-23-5-13-29(14-6-24-2-10-27)22(21(35)36,17-20(33)34)30-15-7-25-3-11-28(19-32)12-4-26-8-16-30/h18-19,23-26H,1-17H2,(H,33,34)(H,35,36). The first-order valence-electron chi connectivity index (χ1n) is 12.6. The molecule has 14 nitrogen and oxygen atoms in total. The van der Waals surface area contributed by atoms with E-state index in [2.05, 4.69) is 21.3 Å². The number of aliphatic carboxylic acids is 2. The van der Waals surface area contributed by atoms with Crippen molar-refractivity contribution >= 4 is 24.8 Å². The van der Waals surface area contributed by atoms with E-state index in [1.54, 1.807) is 19.6 Å². The molecule has 6 N–H and O–H groups in total. The van der Waals surface area contributed by atoms with Gasteiger partial charge >= 0.3 is 11.9 Å². The molecule has 0 aromatic carbocycles. The number of nitrogens with one attached hydrogen (secondary N) is 4. The summed E-state index contributed by atoms with van der Waals surface area (Å²) in [5.41, 5.74) is -1.74. The monoisotopic (exact) mass is 514 g/mol. The molecule has 2 aliphatic heterocycles. The Bertz CT molecular complexity index is 631. The van der Waals surface area contributed by atoms with Crippen LogP contribution in [0.5, 0.6) is 0 Å². The van der Waals surface area contributed by atoms with E-state index in [4.69, 9.17) is 0 Å². The Balaban J connectivity index is 2.26. The summed E-state index contributed by atoms with van der Waals surface area (Å²) in [5, 5.41) is 33.4. The molecule has 2 fully saturated rings. The van der Waals surface area contributed by atoms with Crippen molar-refractivity contribution in [3.63, 3.8) is 0 Å². The Morgan fingerprint density at radius 3 is 1.17 bits per heavy atom. The number of nitrogens with zero attached hydrogens (tertiary/aromatic N) is 4. The molecule has 2 heterocycles. The molecular formula is C22H42N8O6. The zero-order valence-corrected chi connectivity index (χ0v) is 21.0. The molecule has 2 amide bonds. The van der Waals surface area contributed by atoms with Crippen LogP contribution in [0.2, 0.25) is 0 Å². The van der Waals surface area contributed by atoms with Gasteiger partial charge in [-0.05, 0) is 0 Å². The van der Waals surface area contributed by atoms with Crippen LogP contribution >= 0.6 is 0 Å². The molecule has 0 aliphatic carbocycles. The average Bonchev–Trinajstić information content (AvgIpc) is 2.83. The lowest BCUT2D eigenvalue weighted by atomic mass is 9.99.